The minimum absolute atomic E-state index is 0.416. The Labute approximate surface area is 242 Å². The van der Waals surface area contributed by atoms with Gasteiger partial charge < -0.3 is 14.8 Å². The van der Waals surface area contributed by atoms with Gasteiger partial charge in [0.1, 0.15) is 5.00 Å². The van der Waals surface area contributed by atoms with Crippen LogP contribution in [0.25, 0.3) is 10.9 Å². The average Bonchev–Trinajstić information content (AvgIpc) is 3.36. The van der Waals surface area contributed by atoms with Gasteiger partial charge in [-0.3, -0.25) is 14.7 Å². The third-order valence-electron chi connectivity index (χ3n) is 7.73. The Balaban J connectivity index is 1.22. The number of carbonyl (C=O) groups excluding carboxylic acids is 3. The van der Waals surface area contributed by atoms with E-state index >= 15 is 0 Å². The summed E-state index contributed by atoms with van der Waals surface area (Å²) in [4.78, 5) is 47.4. The van der Waals surface area contributed by atoms with Gasteiger partial charge in [-0.15, -0.1) is 11.3 Å². The maximum Gasteiger partial charge on any atom is 0.341 e. The minimum atomic E-state index is -0.560. The number of aryl methyl sites for hydroxylation is 1. The molecule has 9 heteroatoms. The Morgan fingerprint density at radius 1 is 0.927 bits per heavy atom. The smallest absolute Gasteiger partial charge is 0.341 e. The van der Waals surface area contributed by atoms with Crippen LogP contribution in [0.1, 0.15) is 60.8 Å². The maximum absolute atomic E-state index is 13.6. The molecule has 0 fully saturated rings. The van der Waals surface area contributed by atoms with E-state index in [-0.39, 0.29) is 0 Å². The molecule has 0 saturated heterocycles. The number of anilines is 1. The van der Waals surface area contributed by atoms with Crippen LogP contribution in [0.15, 0.2) is 54.6 Å². The molecule has 2 aromatic heterocycles. The number of hydrogen-bond donors (Lipinski definition) is 1. The molecular formula is C32H31N3O5S. The van der Waals surface area contributed by atoms with E-state index in [0.29, 0.717) is 34.5 Å². The first-order valence-corrected chi connectivity index (χ1v) is 14.7. The van der Waals surface area contributed by atoms with Crippen molar-refractivity contribution in [2.45, 2.75) is 45.2 Å². The quantitative estimate of drug-likeness (QED) is 0.301. The SMILES string of the molecule is COC(=O)c1c(NC(=O)COC(=O)c2c3c(nc4ccccc24)CCN(Cc2ccccc2)C3)sc2c1CCCC2. The molecule has 2 aliphatic rings. The first kappa shape index (κ1) is 27.1. The molecule has 4 aromatic rings. The van der Waals surface area contributed by atoms with Crippen LogP contribution in [0.3, 0.4) is 0 Å². The number of benzene rings is 2. The Morgan fingerprint density at radius 2 is 1.71 bits per heavy atom. The number of thiophene rings is 1. The molecule has 0 atom stereocenters. The van der Waals surface area contributed by atoms with E-state index in [2.05, 4.69) is 22.3 Å². The standard InChI is InChI=1S/C32H31N3O5S/c1-39-31(37)29-22-12-6-8-14-26(22)41-30(29)34-27(36)19-40-32(38)28-21-11-5-7-13-24(21)33-25-15-16-35(18-23(25)28)17-20-9-3-2-4-10-20/h2-5,7,9-11,13H,6,8,12,14-19H2,1H3,(H,34,36). The summed E-state index contributed by atoms with van der Waals surface area (Å²) >= 11 is 1.40. The van der Waals surface area contributed by atoms with Crippen LogP contribution in [0.4, 0.5) is 5.00 Å². The number of rotatable bonds is 7. The second-order valence-electron chi connectivity index (χ2n) is 10.4. The molecule has 1 aliphatic carbocycles. The molecular weight excluding hydrogens is 538 g/mol. The highest BCUT2D eigenvalue weighted by Gasteiger charge is 2.29. The molecule has 1 aliphatic heterocycles. The number of methoxy groups -OCH3 is 1. The molecule has 0 unspecified atom stereocenters. The van der Waals surface area contributed by atoms with Crippen molar-refractivity contribution in [1.82, 2.24) is 9.88 Å². The molecule has 1 amide bonds. The predicted molar refractivity (Wildman–Crippen MR) is 157 cm³/mol. The zero-order valence-corrected chi connectivity index (χ0v) is 23.7. The van der Waals surface area contributed by atoms with Gasteiger partial charge in [0, 0.05) is 47.6 Å². The molecule has 41 heavy (non-hydrogen) atoms. The average molecular weight is 570 g/mol. The largest absolute Gasteiger partial charge is 0.465 e. The Hall–Kier alpha value is -4.08. The lowest BCUT2D eigenvalue weighted by Crippen LogP contribution is -2.32. The van der Waals surface area contributed by atoms with Crippen molar-refractivity contribution < 1.29 is 23.9 Å². The highest BCUT2D eigenvalue weighted by atomic mass is 32.1. The molecule has 8 nitrogen and oxygen atoms in total. The van der Waals surface area contributed by atoms with E-state index in [9.17, 15) is 14.4 Å². The van der Waals surface area contributed by atoms with Crippen molar-refractivity contribution >= 4 is 45.1 Å². The van der Waals surface area contributed by atoms with Gasteiger partial charge in [-0.05, 0) is 42.9 Å². The molecule has 6 rings (SSSR count). The normalized spacial score (nSPS) is 14.7. The van der Waals surface area contributed by atoms with Gasteiger partial charge in [-0.1, -0.05) is 48.5 Å². The molecule has 1 N–H and O–H groups in total. The number of amides is 1. The van der Waals surface area contributed by atoms with Gasteiger partial charge in [-0.25, -0.2) is 9.59 Å². The summed E-state index contributed by atoms with van der Waals surface area (Å²) in [6, 6.07) is 17.8. The second kappa shape index (κ2) is 11.8. The van der Waals surface area contributed by atoms with E-state index in [0.717, 1.165) is 66.0 Å². The lowest BCUT2D eigenvalue weighted by atomic mass is 9.95. The van der Waals surface area contributed by atoms with Crippen LogP contribution < -0.4 is 5.32 Å². The Bertz CT molecular complexity index is 1630. The van der Waals surface area contributed by atoms with Gasteiger partial charge in [-0.2, -0.15) is 0 Å². The Kier molecular flexibility index (Phi) is 7.80. The predicted octanol–water partition coefficient (Wildman–Crippen LogP) is 5.32. The van der Waals surface area contributed by atoms with Gasteiger partial charge in [0.15, 0.2) is 6.61 Å². The number of ether oxygens (including phenoxy) is 2. The monoisotopic (exact) mass is 569 g/mol. The maximum atomic E-state index is 13.6. The number of aromatic nitrogens is 1. The van der Waals surface area contributed by atoms with Crippen molar-refractivity contribution in [2.75, 3.05) is 25.6 Å². The first-order valence-electron chi connectivity index (χ1n) is 13.9. The Morgan fingerprint density at radius 3 is 2.54 bits per heavy atom. The van der Waals surface area contributed by atoms with Gasteiger partial charge in [0.05, 0.1) is 23.8 Å². The minimum Gasteiger partial charge on any atom is -0.465 e. The fourth-order valence-corrected chi connectivity index (χ4v) is 7.09. The molecule has 0 bridgehead atoms. The summed E-state index contributed by atoms with van der Waals surface area (Å²) in [5.74, 6) is -1.53. The molecule has 2 aromatic carbocycles. The van der Waals surface area contributed by atoms with Gasteiger partial charge in [0.25, 0.3) is 5.91 Å². The number of fused-ring (bicyclic) bond motifs is 3. The van der Waals surface area contributed by atoms with Crippen LogP contribution >= 0.6 is 11.3 Å². The summed E-state index contributed by atoms with van der Waals surface area (Å²) in [6.07, 6.45) is 4.41. The topological polar surface area (TPSA) is 97.8 Å². The first-order chi connectivity index (χ1) is 20.0. The zero-order chi connectivity index (χ0) is 28.3. The van der Waals surface area contributed by atoms with Crippen LogP contribution in [-0.4, -0.2) is 48.0 Å². The number of carbonyl (C=O) groups is 3. The summed E-state index contributed by atoms with van der Waals surface area (Å²) in [7, 11) is 1.34. The summed E-state index contributed by atoms with van der Waals surface area (Å²) < 4.78 is 10.6. The molecule has 210 valence electrons. The lowest BCUT2D eigenvalue weighted by molar-refractivity contribution is -0.119. The summed E-state index contributed by atoms with van der Waals surface area (Å²) in [5, 5.41) is 3.96. The summed E-state index contributed by atoms with van der Waals surface area (Å²) in [5.41, 5.74) is 5.48. The molecule has 0 radical (unpaired) electrons. The number of esters is 2. The number of para-hydroxylation sites is 1. The van der Waals surface area contributed by atoms with Crippen LogP contribution in [0, 0.1) is 0 Å². The van der Waals surface area contributed by atoms with E-state index in [1.165, 1.54) is 24.0 Å². The van der Waals surface area contributed by atoms with Crippen LogP contribution in [0.2, 0.25) is 0 Å². The fraction of sp³-hybridized carbons (Fsp3) is 0.312. The third kappa shape index (κ3) is 5.60. The van der Waals surface area contributed by atoms with E-state index in [4.69, 9.17) is 14.5 Å². The van der Waals surface area contributed by atoms with Crippen LogP contribution in [0.5, 0.6) is 0 Å². The van der Waals surface area contributed by atoms with E-state index < -0.39 is 24.5 Å². The van der Waals surface area contributed by atoms with Crippen molar-refractivity contribution in [1.29, 1.82) is 0 Å². The molecule has 3 heterocycles. The number of hydrogen-bond acceptors (Lipinski definition) is 8. The van der Waals surface area contributed by atoms with E-state index in [1.54, 1.807) is 0 Å². The van der Waals surface area contributed by atoms with Crippen molar-refractivity contribution in [3.63, 3.8) is 0 Å². The summed E-state index contributed by atoms with van der Waals surface area (Å²) in [6.45, 7) is 1.68. The number of nitrogens with one attached hydrogen (secondary N) is 1. The fourth-order valence-electron chi connectivity index (χ4n) is 5.79. The van der Waals surface area contributed by atoms with Crippen molar-refractivity contribution in [3.8, 4) is 0 Å². The molecule has 0 saturated carbocycles. The lowest BCUT2D eigenvalue weighted by Gasteiger charge is -2.30. The van der Waals surface area contributed by atoms with Crippen molar-refractivity contribution in [2.24, 2.45) is 0 Å². The van der Waals surface area contributed by atoms with Gasteiger partial charge >= 0.3 is 11.9 Å². The number of pyridine rings is 1. The van der Waals surface area contributed by atoms with Gasteiger partial charge in [0.2, 0.25) is 0 Å². The molecule has 0 spiro atoms. The third-order valence-corrected chi connectivity index (χ3v) is 8.93. The van der Waals surface area contributed by atoms with Crippen molar-refractivity contribution in [3.05, 3.63) is 93.0 Å². The van der Waals surface area contributed by atoms with E-state index in [1.807, 2.05) is 42.5 Å². The zero-order valence-electron chi connectivity index (χ0n) is 22.9. The highest BCUT2D eigenvalue weighted by Crippen LogP contribution is 2.38. The highest BCUT2D eigenvalue weighted by molar-refractivity contribution is 7.17. The second-order valence-corrected chi connectivity index (χ2v) is 11.5. The number of nitrogens with zero attached hydrogens (tertiary/aromatic N) is 2. The van der Waals surface area contributed by atoms with Crippen LogP contribution in [-0.2, 0) is 46.6 Å².